The normalized spacial score (nSPS) is 31.0. The minimum atomic E-state index is 0.0940. The van der Waals surface area contributed by atoms with Crippen molar-refractivity contribution in [2.45, 2.75) is 32.7 Å². The van der Waals surface area contributed by atoms with E-state index < -0.39 is 0 Å². The third-order valence-corrected chi connectivity index (χ3v) is 3.42. The van der Waals surface area contributed by atoms with Gasteiger partial charge in [0, 0.05) is 6.54 Å². The number of likely N-dealkylation sites (tertiary alicyclic amines) is 1. The fraction of sp³-hybridized carbons (Fsp3) is 0.909. The summed E-state index contributed by atoms with van der Waals surface area (Å²) in [5, 5.41) is 8.98. The van der Waals surface area contributed by atoms with Gasteiger partial charge >= 0.3 is 0 Å². The van der Waals surface area contributed by atoms with Crippen molar-refractivity contribution in [2.24, 2.45) is 17.6 Å². The molecule has 0 amide bonds. The predicted octanol–water partition coefficient (Wildman–Crippen LogP) is 1.21. The van der Waals surface area contributed by atoms with Crippen LogP contribution >= 0.6 is 0 Å². The molecular formula is C11H21N3. The molecule has 1 aliphatic rings. The van der Waals surface area contributed by atoms with E-state index in [0.717, 1.165) is 26.1 Å². The SMILES string of the molecule is CCC(C#N)N1CCC(C)C(CN)C1. The molecule has 2 N–H and O–H groups in total. The van der Waals surface area contributed by atoms with Crippen LogP contribution in [-0.2, 0) is 0 Å². The summed E-state index contributed by atoms with van der Waals surface area (Å²) in [5.74, 6) is 1.29. The Morgan fingerprint density at radius 3 is 2.86 bits per heavy atom. The Balaban J connectivity index is 2.54. The zero-order valence-electron chi connectivity index (χ0n) is 9.24. The summed E-state index contributed by atoms with van der Waals surface area (Å²) < 4.78 is 0. The molecule has 0 saturated carbocycles. The molecule has 80 valence electrons. The Morgan fingerprint density at radius 2 is 2.36 bits per heavy atom. The van der Waals surface area contributed by atoms with E-state index in [9.17, 15) is 0 Å². The average Bonchev–Trinajstić information content (AvgIpc) is 2.22. The van der Waals surface area contributed by atoms with Crippen molar-refractivity contribution in [3.63, 3.8) is 0 Å². The van der Waals surface area contributed by atoms with Gasteiger partial charge in [-0.05, 0) is 37.8 Å². The Labute approximate surface area is 86.9 Å². The lowest BCUT2D eigenvalue weighted by Gasteiger charge is -2.38. The van der Waals surface area contributed by atoms with Gasteiger partial charge in [0.1, 0.15) is 0 Å². The van der Waals surface area contributed by atoms with E-state index >= 15 is 0 Å². The number of rotatable bonds is 3. The van der Waals surface area contributed by atoms with Crippen LogP contribution in [-0.4, -0.2) is 30.6 Å². The highest BCUT2D eigenvalue weighted by atomic mass is 15.2. The Hall–Kier alpha value is -0.590. The van der Waals surface area contributed by atoms with Crippen LogP contribution in [0.15, 0.2) is 0 Å². The molecule has 0 bridgehead atoms. The summed E-state index contributed by atoms with van der Waals surface area (Å²) in [7, 11) is 0. The molecule has 0 radical (unpaired) electrons. The van der Waals surface area contributed by atoms with Crippen molar-refractivity contribution in [1.82, 2.24) is 4.90 Å². The maximum atomic E-state index is 8.98. The van der Waals surface area contributed by atoms with Gasteiger partial charge < -0.3 is 5.73 Å². The number of hydrogen-bond acceptors (Lipinski definition) is 3. The van der Waals surface area contributed by atoms with Crippen LogP contribution in [0.25, 0.3) is 0 Å². The van der Waals surface area contributed by atoms with Crippen LogP contribution in [0, 0.1) is 23.2 Å². The largest absolute Gasteiger partial charge is 0.330 e. The van der Waals surface area contributed by atoms with Crippen molar-refractivity contribution >= 4 is 0 Å². The van der Waals surface area contributed by atoms with E-state index in [1.54, 1.807) is 0 Å². The fourth-order valence-corrected chi connectivity index (χ4v) is 2.20. The van der Waals surface area contributed by atoms with Crippen LogP contribution in [0.1, 0.15) is 26.7 Å². The Bertz CT molecular complexity index is 209. The summed E-state index contributed by atoms with van der Waals surface area (Å²) in [6.45, 7) is 7.15. The average molecular weight is 195 g/mol. The molecule has 0 aromatic heterocycles. The summed E-state index contributed by atoms with van der Waals surface area (Å²) >= 11 is 0. The number of piperidine rings is 1. The second-order valence-electron chi connectivity index (χ2n) is 4.31. The second-order valence-corrected chi connectivity index (χ2v) is 4.31. The standard InChI is InChI=1S/C11H21N3/c1-3-11(7-13)14-5-4-9(2)10(6-12)8-14/h9-11H,3-6,8,12H2,1-2H3. The molecule has 1 rings (SSSR count). The lowest BCUT2D eigenvalue weighted by atomic mass is 9.86. The molecule has 0 aliphatic carbocycles. The molecule has 1 fully saturated rings. The lowest BCUT2D eigenvalue weighted by Crippen LogP contribution is -2.46. The highest BCUT2D eigenvalue weighted by molar-refractivity contribution is 4.93. The first-order valence-corrected chi connectivity index (χ1v) is 5.56. The monoisotopic (exact) mass is 195 g/mol. The fourth-order valence-electron chi connectivity index (χ4n) is 2.20. The minimum Gasteiger partial charge on any atom is -0.330 e. The second kappa shape index (κ2) is 5.33. The van der Waals surface area contributed by atoms with Crippen molar-refractivity contribution in [1.29, 1.82) is 5.26 Å². The first kappa shape index (κ1) is 11.5. The van der Waals surface area contributed by atoms with E-state index in [2.05, 4.69) is 24.8 Å². The van der Waals surface area contributed by atoms with Crippen LogP contribution in [0.2, 0.25) is 0 Å². The van der Waals surface area contributed by atoms with Crippen molar-refractivity contribution < 1.29 is 0 Å². The van der Waals surface area contributed by atoms with Gasteiger partial charge in [-0.15, -0.1) is 0 Å². The van der Waals surface area contributed by atoms with Crippen LogP contribution in [0.4, 0.5) is 0 Å². The first-order valence-electron chi connectivity index (χ1n) is 5.56. The summed E-state index contributed by atoms with van der Waals surface area (Å²) in [5.41, 5.74) is 5.73. The first-order chi connectivity index (χ1) is 6.72. The highest BCUT2D eigenvalue weighted by Gasteiger charge is 2.28. The van der Waals surface area contributed by atoms with E-state index in [-0.39, 0.29) is 6.04 Å². The van der Waals surface area contributed by atoms with Gasteiger partial charge in [-0.2, -0.15) is 5.26 Å². The third kappa shape index (κ3) is 2.46. The van der Waals surface area contributed by atoms with E-state index in [1.165, 1.54) is 6.42 Å². The lowest BCUT2D eigenvalue weighted by molar-refractivity contribution is 0.109. The molecule has 1 heterocycles. The summed E-state index contributed by atoms with van der Waals surface area (Å²) in [6.07, 6.45) is 2.10. The minimum absolute atomic E-state index is 0.0940. The zero-order valence-corrected chi connectivity index (χ0v) is 9.24. The van der Waals surface area contributed by atoms with E-state index in [4.69, 9.17) is 11.0 Å². The number of nitrogens with two attached hydrogens (primary N) is 1. The van der Waals surface area contributed by atoms with Crippen LogP contribution in [0.5, 0.6) is 0 Å². The predicted molar refractivity (Wildman–Crippen MR) is 57.6 cm³/mol. The molecule has 3 unspecified atom stereocenters. The quantitative estimate of drug-likeness (QED) is 0.736. The number of nitriles is 1. The Kier molecular flexibility index (Phi) is 4.37. The molecule has 3 atom stereocenters. The number of nitrogens with zero attached hydrogens (tertiary/aromatic N) is 2. The highest BCUT2D eigenvalue weighted by Crippen LogP contribution is 2.24. The molecule has 1 saturated heterocycles. The Morgan fingerprint density at radius 1 is 1.64 bits per heavy atom. The smallest absolute Gasteiger partial charge is 0.0975 e. The van der Waals surface area contributed by atoms with Gasteiger partial charge in [0.05, 0.1) is 12.1 Å². The zero-order chi connectivity index (χ0) is 10.6. The molecule has 0 spiro atoms. The summed E-state index contributed by atoms with van der Waals surface area (Å²) in [4.78, 5) is 2.29. The van der Waals surface area contributed by atoms with E-state index in [0.29, 0.717) is 11.8 Å². The molecule has 0 aromatic carbocycles. The molecule has 3 nitrogen and oxygen atoms in total. The molecular weight excluding hydrogens is 174 g/mol. The third-order valence-electron chi connectivity index (χ3n) is 3.42. The van der Waals surface area contributed by atoms with Gasteiger partial charge in [0.25, 0.3) is 0 Å². The maximum Gasteiger partial charge on any atom is 0.0975 e. The summed E-state index contributed by atoms with van der Waals surface area (Å²) in [6, 6.07) is 2.46. The van der Waals surface area contributed by atoms with Crippen molar-refractivity contribution in [3.8, 4) is 6.07 Å². The van der Waals surface area contributed by atoms with Gasteiger partial charge in [-0.25, -0.2) is 0 Å². The van der Waals surface area contributed by atoms with Gasteiger partial charge in [0.2, 0.25) is 0 Å². The van der Waals surface area contributed by atoms with Gasteiger partial charge in [0.15, 0.2) is 0 Å². The van der Waals surface area contributed by atoms with Gasteiger partial charge in [-0.3, -0.25) is 4.90 Å². The van der Waals surface area contributed by atoms with E-state index in [1.807, 2.05) is 0 Å². The van der Waals surface area contributed by atoms with Crippen molar-refractivity contribution in [3.05, 3.63) is 0 Å². The molecule has 3 heteroatoms. The number of hydrogen-bond donors (Lipinski definition) is 1. The van der Waals surface area contributed by atoms with Gasteiger partial charge in [-0.1, -0.05) is 13.8 Å². The topological polar surface area (TPSA) is 53.0 Å². The molecule has 0 aromatic rings. The van der Waals surface area contributed by atoms with Crippen LogP contribution < -0.4 is 5.73 Å². The van der Waals surface area contributed by atoms with Crippen molar-refractivity contribution in [2.75, 3.05) is 19.6 Å². The maximum absolute atomic E-state index is 8.98. The molecule has 1 aliphatic heterocycles. The van der Waals surface area contributed by atoms with Crippen LogP contribution in [0.3, 0.4) is 0 Å². The molecule has 14 heavy (non-hydrogen) atoms.